The highest BCUT2D eigenvalue weighted by atomic mass is 16.7. The van der Waals surface area contributed by atoms with E-state index in [2.05, 4.69) is 32.2 Å². The Morgan fingerprint density at radius 2 is 2.36 bits per heavy atom. The van der Waals surface area contributed by atoms with E-state index >= 15 is 0 Å². The Morgan fingerprint density at radius 1 is 1.57 bits per heavy atom. The van der Waals surface area contributed by atoms with Crippen molar-refractivity contribution in [3.05, 3.63) is 11.5 Å². The molecule has 2 aliphatic rings. The Labute approximate surface area is 86.0 Å². The van der Waals surface area contributed by atoms with Crippen LogP contribution in [-0.4, -0.2) is 31.9 Å². The molecular weight excluding hydrogens is 177 g/mol. The summed E-state index contributed by atoms with van der Waals surface area (Å²) in [6, 6.07) is 0. The molecule has 4 heteroatoms. The van der Waals surface area contributed by atoms with E-state index in [0.29, 0.717) is 0 Å². The van der Waals surface area contributed by atoms with Gasteiger partial charge in [-0.2, -0.15) is 0 Å². The lowest BCUT2D eigenvalue weighted by atomic mass is 9.75. The lowest BCUT2D eigenvalue weighted by Gasteiger charge is -2.21. The largest absolute Gasteiger partial charge is 0.490 e. The van der Waals surface area contributed by atoms with Crippen LogP contribution >= 0.6 is 0 Å². The Balaban J connectivity index is 2.04. The molecule has 14 heavy (non-hydrogen) atoms. The number of hydrogen-bond donors (Lipinski definition) is 1. The zero-order valence-electron chi connectivity index (χ0n) is 9.17. The average Bonchev–Trinajstić information content (AvgIpc) is 2.43. The van der Waals surface area contributed by atoms with Crippen molar-refractivity contribution in [3.63, 3.8) is 0 Å². The van der Waals surface area contributed by atoms with Gasteiger partial charge in [0.15, 0.2) is 0 Å². The summed E-state index contributed by atoms with van der Waals surface area (Å²) in [5.74, 6) is 0. The van der Waals surface area contributed by atoms with Crippen LogP contribution in [0.3, 0.4) is 0 Å². The molecule has 2 heterocycles. The molecule has 0 aromatic rings. The molecule has 0 amide bonds. The van der Waals surface area contributed by atoms with Crippen LogP contribution in [0.5, 0.6) is 0 Å². The minimum absolute atomic E-state index is 0.109. The Morgan fingerprint density at radius 3 is 2.86 bits per heavy atom. The molecule has 0 radical (unpaired) electrons. The Hall–Kier alpha value is -0.315. The van der Waals surface area contributed by atoms with Gasteiger partial charge in [0.1, 0.15) is 0 Å². The van der Waals surface area contributed by atoms with E-state index in [1.165, 1.54) is 5.47 Å². The fourth-order valence-corrected chi connectivity index (χ4v) is 1.77. The van der Waals surface area contributed by atoms with Gasteiger partial charge in [0.2, 0.25) is 0 Å². The number of hydrogen-bond acceptors (Lipinski definition) is 3. The molecule has 3 nitrogen and oxygen atoms in total. The molecule has 0 saturated carbocycles. The van der Waals surface area contributed by atoms with Gasteiger partial charge >= 0.3 is 7.12 Å². The maximum atomic E-state index is 5.88. The fraction of sp³-hybridized carbons (Fsp3) is 0.800. The molecular formula is C10H18BNO2. The van der Waals surface area contributed by atoms with Crippen molar-refractivity contribution in [3.8, 4) is 0 Å². The third kappa shape index (κ3) is 1.87. The number of nitrogens with one attached hydrogen (secondary N) is 1. The van der Waals surface area contributed by atoms with Crippen molar-refractivity contribution in [2.24, 2.45) is 0 Å². The van der Waals surface area contributed by atoms with E-state index in [1.807, 2.05) is 0 Å². The van der Waals surface area contributed by atoms with Gasteiger partial charge in [0.25, 0.3) is 0 Å². The van der Waals surface area contributed by atoms with E-state index in [-0.39, 0.29) is 18.8 Å². The van der Waals surface area contributed by atoms with Gasteiger partial charge in [-0.15, -0.1) is 0 Å². The molecule has 1 unspecified atom stereocenters. The zero-order valence-corrected chi connectivity index (χ0v) is 9.17. The van der Waals surface area contributed by atoms with Gasteiger partial charge in [-0.3, -0.25) is 0 Å². The smallest absolute Gasteiger partial charge is 0.402 e. The van der Waals surface area contributed by atoms with Crippen LogP contribution in [-0.2, 0) is 9.31 Å². The van der Waals surface area contributed by atoms with Crippen molar-refractivity contribution >= 4 is 7.12 Å². The van der Waals surface area contributed by atoms with Gasteiger partial charge in [0.05, 0.1) is 11.7 Å². The second kappa shape index (κ2) is 3.68. The molecule has 1 N–H and O–H groups in total. The third-order valence-corrected chi connectivity index (χ3v) is 3.12. The first-order chi connectivity index (χ1) is 6.59. The average molecular weight is 195 g/mol. The maximum Gasteiger partial charge on any atom is 0.490 e. The van der Waals surface area contributed by atoms with Crippen LogP contribution in [0, 0.1) is 0 Å². The molecule has 0 bridgehead atoms. The highest BCUT2D eigenvalue weighted by Gasteiger charge is 2.44. The first kappa shape index (κ1) is 10.2. The minimum atomic E-state index is -0.156. The Bertz CT molecular complexity index is 253. The summed E-state index contributed by atoms with van der Waals surface area (Å²) < 4.78 is 11.7. The summed E-state index contributed by atoms with van der Waals surface area (Å²) in [5.41, 5.74) is 1.14. The third-order valence-electron chi connectivity index (χ3n) is 3.12. The summed E-state index contributed by atoms with van der Waals surface area (Å²) in [4.78, 5) is 0. The van der Waals surface area contributed by atoms with Crippen molar-refractivity contribution in [1.82, 2.24) is 5.32 Å². The normalized spacial score (nSPS) is 31.8. The van der Waals surface area contributed by atoms with Crippen molar-refractivity contribution in [2.75, 3.05) is 13.1 Å². The van der Waals surface area contributed by atoms with E-state index in [0.717, 1.165) is 19.5 Å². The summed E-state index contributed by atoms with van der Waals surface area (Å²) >= 11 is 0. The van der Waals surface area contributed by atoms with E-state index in [1.54, 1.807) is 0 Å². The van der Waals surface area contributed by atoms with Crippen LogP contribution in [0.1, 0.15) is 27.2 Å². The van der Waals surface area contributed by atoms with E-state index < -0.39 is 0 Å². The number of rotatable bonds is 1. The predicted octanol–water partition coefficient (Wildman–Crippen LogP) is 1.15. The highest BCUT2D eigenvalue weighted by Crippen LogP contribution is 2.30. The quantitative estimate of drug-likeness (QED) is 0.636. The molecule has 2 aliphatic heterocycles. The van der Waals surface area contributed by atoms with Gasteiger partial charge in [-0.1, -0.05) is 6.08 Å². The first-order valence-electron chi connectivity index (χ1n) is 5.32. The molecule has 1 atom stereocenters. The van der Waals surface area contributed by atoms with Crippen LogP contribution in [0.25, 0.3) is 0 Å². The van der Waals surface area contributed by atoms with Crippen LogP contribution in [0.4, 0.5) is 0 Å². The van der Waals surface area contributed by atoms with Gasteiger partial charge < -0.3 is 14.6 Å². The Kier molecular flexibility index (Phi) is 2.69. The van der Waals surface area contributed by atoms with Gasteiger partial charge in [-0.05, 0) is 39.2 Å². The first-order valence-corrected chi connectivity index (χ1v) is 5.32. The monoisotopic (exact) mass is 195 g/mol. The van der Waals surface area contributed by atoms with Crippen molar-refractivity contribution < 1.29 is 9.31 Å². The molecule has 0 aromatic heterocycles. The topological polar surface area (TPSA) is 30.5 Å². The molecule has 0 spiro atoms. The highest BCUT2D eigenvalue weighted by molar-refractivity contribution is 6.54. The molecule has 78 valence electrons. The van der Waals surface area contributed by atoms with Gasteiger partial charge in [0, 0.05) is 6.54 Å². The SMILES string of the molecule is CC1OB(C2=CCNCC2)OC1(C)C. The molecule has 0 aromatic carbocycles. The lowest BCUT2D eigenvalue weighted by Crippen LogP contribution is -2.31. The standard InChI is InChI=1S/C10H18BNO2/c1-8-10(2,3)14-11(13-8)9-4-6-12-7-5-9/h4,8,12H,5-7H2,1-3H3. The summed E-state index contributed by atoms with van der Waals surface area (Å²) in [5, 5.41) is 3.28. The van der Waals surface area contributed by atoms with Crippen LogP contribution < -0.4 is 5.32 Å². The summed E-state index contributed by atoms with van der Waals surface area (Å²) in [7, 11) is -0.109. The van der Waals surface area contributed by atoms with Gasteiger partial charge in [-0.25, -0.2) is 0 Å². The van der Waals surface area contributed by atoms with Crippen molar-refractivity contribution in [1.29, 1.82) is 0 Å². The summed E-state index contributed by atoms with van der Waals surface area (Å²) in [6.45, 7) is 8.21. The molecule has 1 fully saturated rings. The molecule has 1 saturated heterocycles. The van der Waals surface area contributed by atoms with E-state index in [9.17, 15) is 0 Å². The van der Waals surface area contributed by atoms with Crippen LogP contribution in [0.15, 0.2) is 11.5 Å². The zero-order chi connectivity index (χ0) is 10.2. The summed E-state index contributed by atoms with van der Waals surface area (Å²) in [6.07, 6.45) is 3.39. The molecule has 2 rings (SSSR count). The van der Waals surface area contributed by atoms with Crippen molar-refractivity contribution in [2.45, 2.75) is 38.9 Å². The molecule has 0 aliphatic carbocycles. The lowest BCUT2D eigenvalue weighted by molar-refractivity contribution is 0.0841. The van der Waals surface area contributed by atoms with Crippen LogP contribution in [0.2, 0.25) is 0 Å². The minimum Gasteiger partial charge on any atom is -0.402 e. The second-order valence-corrected chi connectivity index (χ2v) is 4.56. The van der Waals surface area contributed by atoms with E-state index in [4.69, 9.17) is 9.31 Å². The fourth-order valence-electron chi connectivity index (χ4n) is 1.77. The second-order valence-electron chi connectivity index (χ2n) is 4.56. The predicted molar refractivity (Wildman–Crippen MR) is 57.0 cm³/mol. The maximum absolute atomic E-state index is 5.88.